The molecule has 0 atom stereocenters. The van der Waals surface area contributed by atoms with Crippen LogP contribution in [0.25, 0.3) is 0 Å². The molecule has 0 aliphatic carbocycles. The molecule has 0 bridgehead atoms. The molecule has 1 heterocycles. The molecule has 0 aliphatic heterocycles. The highest BCUT2D eigenvalue weighted by atomic mass is 79.9. The van der Waals surface area contributed by atoms with Gasteiger partial charge in [-0.1, -0.05) is 0 Å². The highest BCUT2D eigenvalue weighted by molar-refractivity contribution is 9.10. The first-order valence-electron chi connectivity index (χ1n) is 3.14. The van der Waals surface area contributed by atoms with Crippen molar-refractivity contribution in [3.8, 4) is 11.8 Å². The average molecular weight is 249 g/mol. The minimum atomic E-state index is -2.83. The Hall–Kier alpha value is -1.22. The van der Waals surface area contributed by atoms with E-state index in [-0.39, 0.29) is 15.9 Å². The van der Waals surface area contributed by atoms with Crippen molar-refractivity contribution in [1.82, 2.24) is 4.98 Å². The van der Waals surface area contributed by atoms with Gasteiger partial charge < -0.3 is 5.11 Å². The van der Waals surface area contributed by atoms with Crippen LogP contribution in [0.1, 0.15) is 17.7 Å². The Morgan fingerprint density at radius 3 is 2.69 bits per heavy atom. The highest BCUT2D eigenvalue weighted by Crippen LogP contribution is 2.28. The van der Waals surface area contributed by atoms with E-state index in [0.717, 1.165) is 6.07 Å². The van der Waals surface area contributed by atoms with Crippen molar-refractivity contribution in [3.05, 3.63) is 21.9 Å². The molecule has 13 heavy (non-hydrogen) atoms. The Balaban J connectivity index is 3.35. The maximum Gasteiger partial charge on any atom is 0.281 e. The summed E-state index contributed by atoms with van der Waals surface area (Å²) < 4.78 is 24.3. The van der Waals surface area contributed by atoms with E-state index in [1.807, 2.05) is 0 Å². The van der Waals surface area contributed by atoms with E-state index < -0.39 is 12.1 Å². The van der Waals surface area contributed by atoms with Crippen molar-refractivity contribution >= 4 is 15.9 Å². The molecule has 68 valence electrons. The smallest absolute Gasteiger partial charge is 0.281 e. The number of halogens is 3. The fourth-order valence-corrected chi connectivity index (χ4v) is 1.05. The SMILES string of the molecule is N#Cc1cc(O)c(Br)nc1C(F)F. The van der Waals surface area contributed by atoms with Gasteiger partial charge in [-0.05, 0) is 15.9 Å². The molecular formula is C7H3BrF2N2O. The van der Waals surface area contributed by atoms with Crippen LogP contribution in [-0.2, 0) is 0 Å². The zero-order valence-electron chi connectivity index (χ0n) is 6.13. The van der Waals surface area contributed by atoms with Crippen LogP contribution in [0.3, 0.4) is 0 Å². The van der Waals surface area contributed by atoms with Gasteiger partial charge in [0.25, 0.3) is 6.43 Å². The third kappa shape index (κ3) is 1.92. The molecule has 0 amide bonds. The lowest BCUT2D eigenvalue weighted by molar-refractivity contribution is 0.145. The molecule has 6 heteroatoms. The van der Waals surface area contributed by atoms with E-state index >= 15 is 0 Å². The normalized spacial score (nSPS) is 10.1. The summed E-state index contributed by atoms with van der Waals surface area (Å²) in [5, 5.41) is 17.5. The largest absolute Gasteiger partial charge is 0.505 e. The predicted octanol–water partition coefficient (Wildman–Crippen LogP) is 2.36. The van der Waals surface area contributed by atoms with E-state index in [4.69, 9.17) is 10.4 Å². The Bertz CT molecular complexity index is 375. The second-order valence-electron chi connectivity index (χ2n) is 2.14. The van der Waals surface area contributed by atoms with Crippen LogP contribution in [0.2, 0.25) is 0 Å². The standard InChI is InChI=1S/C7H3BrF2N2O/c8-6-4(13)1-3(2-11)5(12-6)7(9)10/h1,7,13H. The number of aromatic nitrogens is 1. The van der Waals surface area contributed by atoms with Crippen LogP contribution < -0.4 is 0 Å². The average Bonchev–Trinajstić information content (AvgIpc) is 2.08. The topological polar surface area (TPSA) is 56.9 Å². The maximum absolute atomic E-state index is 12.2. The van der Waals surface area contributed by atoms with Gasteiger partial charge in [-0.3, -0.25) is 0 Å². The number of alkyl halides is 2. The van der Waals surface area contributed by atoms with E-state index in [0.29, 0.717) is 0 Å². The van der Waals surface area contributed by atoms with Crippen molar-refractivity contribution in [3.63, 3.8) is 0 Å². The molecule has 1 N–H and O–H groups in total. The number of nitriles is 1. The van der Waals surface area contributed by atoms with E-state index in [1.54, 1.807) is 0 Å². The van der Waals surface area contributed by atoms with E-state index in [9.17, 15) is 8.78 Å². The van der Waals surface area contributed by atoms with Crippen LogP contribution in [0.4, 0.5) is 8.78 Å². The van der Waals surface area contributed by atoms with Crippen molar-refractivity contribution < 1.29 is 13.9 Å². The Morgan fingerprint density at radius 2 is 2.23 bits per heavy atom. The lowest BCUT2D eigenvalue weighted by Gasteiger charge is -2.03. The Morgan fingerprint density at radius 1 is 1.62 bits per heavy atom. The molecule has 0 saturated heterocycles. The molecule has 0 unspecified atom stereocenters. The van der Waals surface area contributed by atoms with Gasteiger partial charge in [-0.25, -0.2) is 13.8 Å². The molecule has 0 aromatic carbocycles. The van der Waals surface area contributed by atoms with Gasteiger partial charge in [0, 0.05) is 6.07 Å². The zero-order chi connectivity index (χ0) is 10.0. The number of aromatic hydroxyl groups is 1. The predicted molar refractivity (Wildman–Crippen MR) is 43.3 cm³/mol. The minimum Gasteiger partial charge on any atom is -0.505 e. The number of rotatable bonds is 1. The number of hydrogen-bond acceptors (Lipinski definition) is 3. The molecule has 0 fully saturated rings. The molecule has 1 rings (SSSR count). The van der Waals surface area contributed by atoms with Crippen molar-refractivity contribution in [2.45, 2.75) is 6.43 Å². The first-order chi connectivity index (χ1) is 6.06. The zero-order valence-corrected chi connectivity index (χ0v) is 7.72. The van der Waals surface area contributed by atoms with Gasteiger partial charge in [0.2, 0.25) is 0 Å². The fraction of sp³-hybridized carbons (Fsp3) is 0.143. The lowest BCUT2D eigenvalue weighted by Crippen LogP contribution is -1.95. The maximum atomic E-state index is 12.2. The summed E-state index contributed by atoms with van der Waals surface area (Å²) in [6, 6.07) is 2.46. The molecule has 1 aromatic rings. The Labute approximate surface area is 80.8 Å². The molecular weight excluding hydrogens is 246 g/mol. The number of nitrogens with zero attached hydrogens (tertiary/aromatic N) is 2. The van der Waals surface area contributed by atoms with Gasteiger partial charge in [-0.2, -0.15) is 5.26 Å². The summed E-state index contributed by atoms with van der Waals surface area (Å²) in [6.07, 6.45) is -2.83. The summed E-state index contributed by atoms with van der Waals surface area (Å²) >= 11 is 2.77. The third-order valence-electron chi connectivity index (χ3n) is 1.31. The summed E-state index contributed by atoms with van der Waals surface area (Å²) in [5.74, 6) is -0.332. The lowest BCUT2D eigenvalue weighted by atomic mass is 10.2. The van der Waals surface area contributed by atoms with Crippen molar-refractivity contribution in [2.24, 2.45) is 0 Å². The second-order valence-corrected chi connectivity index (χ2v) is 2.89. The monoisotopic (exact) mass is 248 g/mol. The summed E-state index contributed by atoms with van der Waals surface area (Å²) in [7, 11) is 0. The number of hydrogen-bond donors (Lipinski definition) is 1. The molecule has 0 aliphatic rings. The van der Waals surface area contributed by atoms with Gasteiger partial charge in [0.1, 0.15) is 22.1 Å². The quantitative estimate of drug-likeness (QED) is 0.777. The summed E-state index contributed by atoms with van der Waals surface area (Å²) in [6.45, 7) is 0. The summed E-state index contributed by atoms with van der Waals surface area (Å²) in [5.41, 5.74) is -0.956. The molecule has 0 saturated carbocycles. The van der Waals surface area contributed by atoms with Gasteiger partial charge in [0.05, 0.1) is 5.56 Å². The first-order valence-corrected chi connectivity index (χ1v) is 3.93. The second kappa shape index (κ2) is 3.66. The van der Waals surface area contributed by atoms with Crippen molar-refractivity contribution in [1.29, 1.82) is 5.26 Å². The van der Waals surface area contributed by atoms with Gasteiger partial charge in [0.15, 0.2) is 0 Å². The van der Waals surface area contributed by atoms with E-state index in [1.165, 1.54) is 6.07 Å². The molecule has 0 radical (unpaired) electrons. The van der Waals surface area contributed by atoms with Crippen LogP contribution >= 0.6 is 15.9 Å². The molecule has 1 aromatic heterocycles. The summed E-state index contributed by atoms with van der Waals surface area (Å²) in [4.78, 5) is 3.34. The van der Waals surface area contributed by atoms with Crippen LogP contribution in [0, 0.1) is 11.3 Å². The van der Waals surface area contributed by atoms with Gasteiger partial charge >= 0.3 is 0 Å². The van der Waals surface area contributed by atoms with Crippen molar-refractivity contribution in [2.75, 3.05) is 0 Å². The van der Waals surface area contributed by atoms with Gasteiger partial charge in [-0.15, -0.1) is 0 Å². The fourth-order valence-electron chi connectivity index (χ4n) is 0.749. The van der Waals surface area contributed by atoms with Crippen LogP contribution in [0.15, 0.2) is 10.7 Å². The van der Waals surface area contributed by atoms with Crippen LogP contribution in [-0.4, -0.2) is 10.1 Å². The molecule has 0 spiro atoms. The first kappa shape index (κ1) is 9.86. The van der Waals surface area contributed by atoms with Crippen LogP contribution in [0.5, 0.6) is 5.75 Å². The third-order valence-corrected chi connectivity index (χ3v) is 1.90. The number of pyridine rings is 1. The highest BCUT2D eigenvalue weighted by Gasteiger charge is 2.17. The van der Waals surface area contributed by atoms with E-state index in [2.05, 4.69) is 20.9 Å². The molecule has 3 nitrogen and oxygen atoms in total. The minimum absolute atomic E-state index is 0.0956. The Kier molecular flexibility index (Phi) is 2.78.